The minimum atomic E-state index is -0.707. The molecule has 0 N–H and O–H groups in total. The van der Waals surface area contributed by atoms with E-state index in [4.69, 9.17) is 4.74 Å². The van der Waals surface area contributed by atoms with Crippen molar-refractivity contribution in [1.29, 1.82) is 0 Å². The van der Waals surface area contributed by atoms with E-state index in [1.165, 1.54) is 6.07 Å². The van der Waals surface area contributed by atoms with Crippen molar-refractivity contribution in [1.82, 2.24) is 4.90 Å². The van der Waals surface area contributed by atoms with Crippen molar-refractivity contribution in [3.63, 3.8) is 0 Å². The number of rotatable bonds is 6. The van der Waals surface area contributed by atoms with Crippen molar-refractivity contribution < 1.29 is 14.1 Å². The summed E-state index contributed by atoms with van der Waals surface area (Å²) >= 11 is 2.05. The van der Waals surface area contributed by atoms with Crippen LogP contribution in [0.3, 0.4) is 0 Å². The summed E-state index contributed by atoms with van der Waals surface area (Å²) in [5.41, 5.74) is -0.256. The number of nitrogens with zero attached hydrogens (tertiary/aromatic N) is 2. The SMILES string of the molecule is CN(C)CCCOc1cc([As])c([N+](=O)[O-])cc1F. The quantitative estimate of drug-likeness (QED) is 0.338. The van der Waals surface area contributed by atoms with Gasteiger partial charge < -0.3 is 0 Å². The van der Waals surface area contributed by atoms with Gasteiger partial charge in [-0.15, -0.1) is 0 Å². The monoisotopic (exact) mass is 316 g/mol. The molecule has 7 heteroatoms. The van der Waals surface area contributed by atoms with Gasteiger partial charge in [0.15, 0.2) is 0 Å². The molecule has 2 radical (unpaired) electrons. The van der Waals surface area contributed by atoms with E-state index in [-0.39, 0.29) is 11.4 Å². The Labute approximate surface area is 114 Å². The molecule has 1 aromatic carbocycles. The number of hydrogen-bond acceptors (Lipinski definition) is 4. The van der Waals surface area contributed by atoms with Crippen LogP contribution in [0.1, 0.15) is 6.42 Å². The summed E-state index contributed by atoms with van der Waals surface area (Å²) in [7, 11) is 3.88. The second-order valence-electron chi connectivity index (χ2n) is 4.03. The maximum atomic E-state index is 13.5. The van der Waals surface area contributed by atoms with Gasteiger partial charge in [-0.3, -0.25) is 0 Å². The van der Waals surface area contributed by atoms with Crippen molar-refractivity contribution in [2.75, 3.05) is 27.2 Å². The van der Waals surface area contributed by atoms with Gasteiger partial charge >= 0.3 is 113 Å². The molecule has 5 nitrogen and oxygen atoms in total. The normalized spacial score (nSPS) is 10.7. The van der Waals surface area contributed by atoms with E-state index in [1.807, 2.05) is 35.8 Å². The van der Waals surface area contributed by atoms with Gasteiger partial charge in [0.25, 0.3) is 0 Å². The van der Waals surface area contributed by atoms with Crippen molar-refractivity contribution in [2.45, 2.75) is 6.42 Å². The average molecular weight is 316 g/mol. The zero-order valence-electron chi connectivity index (χ0n) is 10.2. The second-order valence-corrected chi connectivity index (χ2v) is 5.04. The van der Waals surface area contributed by atoms with Gasteiger partial charge in [0.2, 0.25) is 0 Å². The molecule has 1 aromatic rings. The van der Waals surface area contributed by atoms with E-state index in [2.05, 4.69) is 0 Å². The first kappa shape index (κ1) is 14.9. The van der Waals surface area contributed by atoms with Gasteiger partial charge in [0.1, 0.15) is 0 Å². The maximum absolute atomic E-state index is 13.5. The Kier molecular flexibility index (Phi) is 5.56. The summed E-state index contributed by atoms with van der Waals surface area (Å²) in [5, 5.41) is 10.6. The Morgan fingerprint density at radius 1 is 1.50 bits per heavy atom. The molecule has 0 amide bonds. The molecular weight excluding hydrogens is 302 g/mol. The van der Waals surface area contributed by atoms with Crippen LogP contribution >= 0.6 is 0 Å². The summed E-state index contributed by atoms with van der Waals surface area (Å²) in [6.45, 7) is 1.21. The topological polar surface area (TPSA) is 55.6 Å². The molecule has 0 unspecified atom stereocenters. The zero-order valence-corrected chi connectivity index (χ0v) is 12.1. The van der Waals surface area contributed by atoms with Gasteiger partial charge in [-0.05, 0) is 0 Å². The summed E-state index contributed by atoms with van der Waals surface area (Å²) in [5.74, 6) is -0.656. The molecule has 1 rings (SSSR count). The van der Waals surface area contributed by atoms with Gasteiger partial charge in [0, 0.05) is 0 Å². The Balaban J connectivity index is 2.67. The molecule has 18 heavy (non-hydrogen) atoms. The van der Waals surface area contributed by atoms with Crippen molar-refractivity contribution in [3.8, 4) is 5.75 Å². The summed E-state index contributed by atoms with van der Waals surface area (Å²) in [6, 6.07) is 2.22. The third-order valence-corrected chi connectivity index (χ3v) is 2.98. The Morgan fingerprint density at radius 2 is 2.17 bits per heavy atom. The van der Waals surface area contributed by atoms with Gasteiger partial charge in [-0.25, -0.2) is 0 Å². The molecule has 0 aliphatic carbocycles. The first-order valence-electron chi connectivity index (χ1n) is 5.36. The first-order valence-corrected chi connectivity index (χ1v) is 6.30. The standard InChI is InChI=1S/C11H14AsFN2O3/c1-14(2)4-3-5-18-11-6-8(12)10(15(16)17)7-9(11)13/h6-7H,3-5H2,1-2H3. The molecular formula is C11H14AsFN2O3. The molecule has 0 aromatic heterocycles. The van der Waals surface area contributed by atoms with Crippen molar-refractivity contribution in [3.05, 3.63) is 28.1 Å². The summed E-state index contributed by atoms with van der Waals surface area (Å²) in [6.07, 6.45) is 0.761. The fourth-order valence-corrected chi connectivity index (χ4v) is 1.90. The van der Waals surface area contributed by atoms with E-state index in [0.29, 0.717) is 11.0 Å². The Morgan fingerprint density at radius 3 is 2.72 bits per heavy atom. The van der Waals surface area contributed by atoms with E-state index < -0.39 is 10.7 Å². The Hall–Kier alpha value is -1.13. The van der Waals surface area contributed by atoms with E-state index >= 15 is 0 Å². The van der Waals surface area contributed by atoms with Crippen LogP contribution in [0.5, 0.6) is 5.75 Å². The number of hydrogen-bond donors (Lipinski definition) is 0. The van der Waals surface area contributed by atoms with Gasteiger partial charge in [-0.1, -0.05) is 0 Å². The third-order valence-electron chi connectivity index (χ3n) is 2.23. The predicted molar refractivity (Wildman–Crippen MR) is 67.1 cm³/mol. The first-order chi connectivity index (χ1) is 8.41. The summed E-state index contributed by atoms with van der Waals surface area (Å²) < 4.78 is 19.1. The van der Waals surface area contributed by atoms with E-state index in [0.717, 1.165) is 19.0 Å². The van der Waals surface area contributed by atoms with Crippen LogP contribution in [0, 0.1) is 15.9 Å². The molecule has 0 aliphatic rings. The van der Waals surface area contributed by atoms with Crippen LogP contribution in [-0.4, -0.2) is 53.9 Å². The molecule has 0 fully saturated rings. The van der Waals surface area contributed by atoms with Gasteiger partial charge in [0.05, 0.1) is 0 Å². The molecule has 0 heterocycles. The molecule has 0 spiro atoms. The average Bonchev–Trinajstić information content (AvgIpc) is 2.27. The van der Waals surface area contributed by atoms with Crippen LogP contribution in [0.25, 0.3) is 0 Å². The van der Waals surface area contributed by atoms with Crippen LogP contribution < -0.4 is 9.09 Å². The van der Waals surface area contributed by atoms with E-state index in [9.17, 15) is 14.5 Å². The number of halogens is 1. The minimum absolute atomic E-state index is 0.0509. The molecule has 0 bridgehead atoms. The molecule has 0 aliphatic heterocycles. The Bertz CT molecular complexity index is 441. The van der Waals surface area contributed by atoms with Crippen LogP contribution in [0.2, 0.25) is 0 Å². The number of nitro benzene ring substituents is 1. The number of ether oxygens (including phenoxy) is 1. The third kappa shape index (κ3) is 4.27. The second kappa shape index (κ2) is 6.71. The van der Waals surface area contributed by atoms with Crippen LogP contribution in [-0.2, 0) is 0 Å². The number of benzene rings is 1. The molecule has 0 atom stereocenters. The zero-order chi connectivity index (χ0) is 13.7. The van der Waals surface area contributed by atoms with Crippen molar-refractivity contribution >= 4 is 26.9 Å². The van der Waals surface area contributed by atoms with Crippen LogP contribution in [0.15, 0.2) is 12.1 Å². The van der Waals surface area contributed by atoms with Crippen molar-refractivity contribution in [2.24, 2.45) is 0 Å². The van der Waals surface area contributed by atoms with E-state index in [1.54, 1.807) is 0 Å². The van der Waals surface area contributed by atoms with Gasteiger partial charge in [-0.2, -0.15) is 0 Å². The fraction of sp³-hybridized carbons (Fsp3) is 0.455. The molecule has 98 valence electrons. The fourth-order valence-electron chi connectivity index (χ4n) is 1.35. The predicted octanol–water partition coefficient (Wildman–Crippen LogP) is 0.858. The van der Waals surface area contributed by atoms with Crippen LogP contribution in [0.4, 0.5) is 10.1 Å². The molecule has 0 saturated heterocycles. The summed E-state index contributed by atoms with van der Waals surface area (Å²) in [4.78, 5) is 12.0. The molecule has 0 saturated carbocycles. The number of nitro groups is 1.